The molecule has 0 amide bonds. The Bertz CT molecular complexity index is 473. The molecule has 0 spiro atoms. The minimum absolute atomic E-state index is 0.189. The molecule has 1 rings (SSSR count). The molecule has 0 aliphatic rings. The number of allylic oxidation sites excluding steroid dienone is 1. The lowest BCUT2D eigenvalue weighted by atomic mass is 10.1. The number of hydrogen-bond donors (Lipinski definition) is 0. The molecule has 0 atom stereocenters. The largest absolute Gasteiger partial charge is 0.371 e. The fraction of sp³-hybridized carbons (Fsp3) is 0.333. The van der Waals surface area contributed by atoms with E-state index in [4.69, 9.17) is 5.26 Å². The van der Waals surface area contributed by atoms with Crippen molar-refractivity contribution in [3.05, 3.63) is 46.5 Å². The SMILES string of the molecule is CC.CS/C(=C(/C#N)C(=O)c1ccccc1)N(C)C. The highest BCUT2D eigenvalue weighted by Gasteiger charge is 2.17. The lowest BCUT2D eigenvalue weighted by molar-refractivity contribution is 0.103. The monoisotopic (exact) mass is 276 g/mol. The van der Waals surface area contributed by atoms with Crippen LogP contribution in [0.15, 0.2) is 40.9 Å². The average Bonchev–Trinajstić information content (AvgIpc) is 2.46. The fourth-order valence-corrected chi connectivity index (χ4v) is 2.15. The maximum atomic E-state index is 12.2. The van der Waals surface area contributed by atoms with E-state index in [2.05, 4.69) is 0 Å². The molecule has 0 aromatic heterocycles. The van der Waals surface area contributed by atoms with Crippen molar-refractivity contribution in [1.82, 2.24) is 4.90 Å². The van der Waals surface area contributed by atoms with Crippen molar-refractivity contribution in [1.29, 1.82) is 5.26 Å². The molecule has 102 valence electrons. The number of ketones is 1. The molecule has 0 unspecified atom stereocenters. The van der Waals surface area contributed by atoms with Crippen molar-refractivity contribution in [3.8, 4) is 6.07 Å². The number of nitriles is 1. The summed E-state index contributed by atoms with van der Waals surface area (Å²) in [5.74, 6) is -0.230. The summed E-state index contributed by atoms with van der Waals surface area (Å²) in [6.45, 7) is 4.00. The Balaban J connectivity index is 0.00000154. The summed E-state index contributed by atoms with van der Waals surface area (Å²) in [7, 11) is 3.64. The highest BCUT2D eigenvalue weighted by molar-refractivity contribution is 8.02. The van der Waals surface area contributed by atoms with Crippen LogP contribution in [0.2, 0.25) is 0 Å². The van der Waals surface area contributed by atoms with Gasteiger partial charge in [0.25, 0.3) is 0 Å². The number of Topliss-reactive ketones (excluding diaryl/α,β-unsaturated/α-hetero) is 1. The van der Waals surface area contributed by atoms with Gasteiger partial charge in [-0.3, -0.25) is 4.79 Å². The van der Waals surface area contributed by atoms with Crippen LogP contribution in [0.5, 0.6) is 0 Å². The van der Waals surface area contributed by atoms with Crippen molar-refractivity contribution in [2.24, 2.45) is 0 Å². The first-order valence-corrected chi connectivity index (χ1v) is 7.29. The molecule has 3 nitrogen and oxygen atoms in total. The second-order valence-electron chi connectivity index (χ2n) is 3.59. The molecule has 0 heterocycles. The molecule has 0 aliphatic carbocycles. The van der Waals surface area contributed by atoms with Gasteiger partial charge in [-0.15, -0.1) is 11.8 Å². The predicted molar refractivity (Wildman–Crippen MR) is 82.0 cm³/mol. The van der Waals surface area contributed by atoms with Crippen molar-refractivity contribution in [3.63, 3.8) is 0 Å². The molecule has 0 bridgehead atoms. The van der Waals surface area contributed by atoms with Crippen molar-refractivity contribution in [2.75, 3.05) is 20.4 Å². The van der Waals surface area contributed by atoms with Gasteiger partial charge in [-0.1, -0.05) is 44.2 Å². The first-order chi connectivity index (χ1) is 9.11. The summed E-state index contributed by atoms with van der Waals surface area (Å²) in [6, 6.07) is 10.8. The summed E-state index contributed by atoms with van der Waals surface area (Å²) in [4.78, 5) is 13.9. The highest BCUT2D eigenvalue weighted by Crippen LogP contribution is 2.21. The standard InChI is InChI=1S/C13H14N2OS.C2H6/c1-15(2)13(17-3)11(9-14)12(16)10-7-5-4-6-8-10;1-2/h4-8H,1-3H3;1-2H3/b13-11-;. The van der Waals surface area contributed by atoms with Gasteiger partial charge in [0.15, 0.2) is 0 Å². The molecular weight excluding hydrogens is 256 g/mol. The maximum Gasteiger partial charge on any atom is 0.206 e. The lowest BCUT2D eigenvalue weighted by Gasteiger charge is -2.16. The Morgan fingerprint density at radius 1 is 1.21 bits per heavy atom. The van der Waals surface area contributed by atoms with Gasteiger partial charge in [0, 0.05) is 19.7 Å². The second-order valence-corrected chi connectivity index (χ2v) is 4.38. The summed E-state index contributed by atoms with van der Waals surface area (Å²) in [5, 5.41) is 9.82. The van der Waals surface area contributed by atoms with Crippen LogP contribution < -0.4 is 0 Å². The molecule has 0 saturated carbocycles. The topological polar surface area (TPSA) is 44.1 Å². The van der Waals surface area contributed by atoms with Gasteiger partial charge in [-0.2, -0.15) is 5.26 Å². The van der Waals surface area contributed by atoms with Crippen LogP contribution in [-0.4, -0.2) is 31.0 Å². The molecule has 0 aliphatic heterocycles. The zero-order valence-electron chi connectivity index (χ0n) is 12.1. The number of carbonyl (C=O) groups is 1. The number of nitrogens with zero attached hydrogens (tertiary/aromatic N) is 2. The van der Waals surface area contributed by atoms with Crippen molar-refractivity contribution < 1.29 is 4.79 Å². The fourth-order valence-electron chi connectivity index (χ4n) is 1.44. The van der Waals surface area contributed by atoms with E-state index >= 15 is 0 Å². The third kappa shape index (κ3) is 4.80. The third-order valence-corrected chi connectivity index (χ3v) is 3.14. The van der Waals surface area contributed by atoms with E-state index in [0.29, 0.717) is 10.6 Å². The van der Waals surface area contributed by atoms with Gasteiger partial charge in [-0.25, -0.2) is 0 Å². The Morgan fingerprint density at radius 3 is 2.11 bits per heavy atom. The minimum atomic E-state index is -0.230. The second kappa shape index (κ2) is 9.23. The van der Waals surface area contributed by atoms with E-state index in [1.165, 1.54) is 11.8 Å². The first-order valence-electron chi connectivity index (χ1n) is 6.07. The van der Waals surface area contributed by atoms with E-state index in [1.807, 2.05) is 46.3 Å². The number of thioether (sulfide) groups is 1. The van der Waals surface area contributed by atoms with Crippen molar-refractivity contribution in [2.45, 2.75) is 13.8 Å². The first kappa shape index (κ1) is 17.3. The third-order valence-electron chi connectivity index (χ3n) is 2.19. The molecular formula is C15H20N2OS. The van der Waals surface area contributed by atoms with E-state index in [-0.39, 0.29) is 11.4 Å². The Hall–Kier alpha value is -1.73. The Kier molecular flexibility index (Phi) is 8.39. The van der Waals surface area contributed by atoms with Gasteiger partial charge < -0.3 is 4.90 Å². The van der Waals surface area contributed by atoms with E-state index in [1.54, 1.807) is 29.2 Å². The summed E-state index contributed by atoms with van der Waals surface area (Å²) >= 11 is 1.40. The molecule has 0 fully saturated rings. The minimum Gasteiger partial charge on any atom is -0.371 e. The van der Waals surface area contributed by atoms with Crippen LogP contribution in [0.1, 0.15) is 24.2 Å². The Morgan fingerprint density at radius 2 is 1.74 bits per heavy atom. The molecule has 0 saturated heterocycles. The number of rotatable bonds is 4. The highest BCUT2D eigenvalue weighted by atomic mass is 32.2. The van der Waals surface area contributed by atoms with Crippen LogP contribution in [0, 0.1) is 11.3 Å². The van der Waals surface area contributed by atoms with Crippen LogP contribution in [0.3, 0.4) is 0 Å². The molecule has 1 aromatic rings. The maximum absolute atomic E-state index is 12.2. The van der Waals surface area contributed by atoms with E-state index in [0.717, 1.165) is 0 Å². The van der Waals surface area contributed by atoms with Crippen LogP contribution in [-0.2, 0) is 0 Å². The number of benzene rings is 1. The Labute approximate surface area is 119 Å². The summed E-state index contributed by atoms with van der Waals surface area (Å²) < 4.78 is 0. The van der Waals surface area contributed by atoms with Gasteiger partial charge in [0.1, 0.15) is 11.6 Å². The predicted octanol–water partition coefficient (Wildman–Crippen LogP) is 3.56. The van der Waals surface area contributed by atoms with Crippen LogP contribution >= 0.6 is 11.8 Å². The van der Waals surface area contributed by atoms with E-state index < -0.39 is 0 Å². The van der Waals surface area contributed by atoms with Gasteiger partial charge in [-0.05, 0) is 6.26 Å². The van der Waals surface area contributed by atoms with Crippen LogP contribution in [0.4, 0.5) is 0 Å². The molecule has 4 heteroatoms. The van der Waals surface area contributed by atoms with Gasteiger partial charge >= 0.3 is 0 Å². The lowest BCUT2D eigenvalue weighted by Crippen LogP contribution is -2.15. The number of hydrogen-bond acceptors (Lipinski definition) is 4. The van der Waals surface area contributed by atoms with Crippen LogP contribution in [0.25, 0.3) is 0 Å². The zero-order valence-corrected chi connectivity index (χ0v) is 12.9. The average molecular weight is 276 g/mol. The molecule has 19 heavy (non-hydrogen) atoms. The summed E-state index contributed by atoms with van der Waals surface area (Å²) in [6.07, 6.45) is 1.85. The number of carbonyl (C=O) groups excluding carboxylic acids is 1. The molecule has 1 aromatic carbocycles. The van der Waals surface area contributed by atoms with Crippen molar-refractivity contribution >= 4 is 17.5 Å². The molecule has 0 radical (unpaired) electrons. The van der Waals surface area contributed by atoms with Gasteiger partial charge in [0.2, 0.25) is 5.78 Å². The summed E-state index contributed by atoms with van der Waals surface area (Å²) in [5.41, 5.74) is 0.728. The molecule has 0 N–H and O–H groups in total. The normalized spacial score (nSPS) is 10.5. The quantitative estimate of drug-likeness (QED) is 0.479. The smallest absolute Gasteiger partial charge is 0.206 e. The van der Waals surface area contributed by atoms with E-state index in [9.17, 15) is 4.79 Å². The zero-order chi connectivity index (χ0) is 14.8. The van der Waals surface area contributed by atoms with Gasteiger partial charge in [0.05, 0.1) is 5.03 Å².